The van der Waals surface area contributed by atoms with E-state index in [0.29, 0.717) is 13.0 Å². The molecule has 2 rings (SSSR count). The van der Waals surface area contributed by atoms with E-state index < -0.39 is 16.7 Å². The molecule has 0 saturated heterocycles. The molecule has 0 atom stereocenters. The Morgan fingerprint density at radius 3 is 2.61 bits per heavy atom. The van der Waals surface area contributed by atoms with E-state index in [9.17, 15) is 14.0 Å². The molecule has 4 nitrogen and oxygen atoms in total. The maximum Gasteiger partial charge on any atom is 0.253 e. The largest absolute Gasteiger partial charge is 0.394 e. The van der Waals surface area contributed by atoms with Gasteiger partial charge in [-0.2, -0.15) is 0 Å². The molecule has 2 aromatic carbocycles. The maximum atomic E-state index is 13.1. The van der Waals surface area contributed by atoms with E-state index in [1.165, 1.54) is 12.1 Å². The molecule has 18 heavy (non-hydrogen) atoms. The zero-order chi connectivity index (χ0) is 13.3. The van der Waals surface area contributed by atoms with Gasteiger partial charge in [-0.15, -0.1) is 0 Å². The highest BCUT2D eigenvalue weighted by Gasteiger charge is 2.16. The first-order valence-corrected chi connectivity index (χ1v) is 5.65. The first kappa shape index (κ1) is 12.6. The third-order valence-electron chi connectivity index (χ3n) is 2.65. The molecule has 0 unspecified atom stereocenters. The van der Waals surface area contributed by atoms with Crippen LogP contribution in [0.5, 0.6) is 0 Å². The lowest BCUT2D eigenvalue weighted by molar-refractivity contribution is 0.626. The molecule has 0 bridgehead atoms. The van der Waals surface area contributed by atoms with E-state index in [4.69, 9.17) is 17.3 Å². The van der Waals surface area contributed by atoms with Crippen molar-refractivity contribution < 1.29 is 4.39 Å². The van der Waals surface area contributed by atoms with E-state index in [-0.39, 0.29) is 16.4 Å². The Morgan fingerprint density at radius 1 is 1.28 bits per heavy atom. The second kappa shape index (κ2) is 4.78. The van der Waals surface area contributed by atoms with Gasteiger partial charge in [-0.1, -0.05) is 17.7 Å². The summed E-state index contributed by atoms with van der Waals surface area (Å²) in [6.07, 6.45) is 0.492. The molecule has 0 spiro atoms. The van der Waals surface area contributed by atoms with E-state index in [1.807, 2.05) is 0 Å². The van der Waals surface area contributed by atoms with E-state index in [2.05, 4.69) is 5.32 Å². The molecule has 94 valence electrons. The summed E-state index contributed by atoms with van der Waals surface area (Å²) in [5.41, 5.74) is 4.94. The number of hydrogen-bond acceptors (Lipinski definition) is 4. The molecule has 0 aliphatic rings. The third-order valence-corrected chi connectivity index (χ3v) is 2.95. The summed E-state index contributed by atoms with van der Waals surface area (Å²) < 4.78 is 13.1. The summed E-state index contributed by atoms with van der Waals surface area (Å²) in [6.45, 7) is 0.385. The monoisotopic (exact) mass is 268 g/mol. The third kappa shape index (κ3) is 2.22. The van der Waals surface area contributed by atoms with Crippen LogP contribution in [0.3, 0.4) is 0 Å². The maximum absolute atomic E-state index is 13.1. The highest BCUT2D eigenvalue weighted by atomic mass is 35.5. The number of benzene rings is 1. The molecule has 0 fully saturated rings. The lowest BCUT2D eigenvalue weighted by atomic mass is 10.1. The molecule has 3 N–H and O–H groups in total. The highest BCUT2D eigenvalue weighted by Crippen LogP contribution is 2.16. The van der Waals surface area contributed by atoms with Crippen LogP contribution in [-0.4, -0.2) is 6.54 Å². The molecule has 0 heterocycles. The molecule has 0 amide bonds. The number of nitrogens with two attached hydrogens (primary N) is 1. The van der Waals surface area contributed by atoms with Gasteiger partial charge in [0.05, 0.1) is 5.02 Å². The van der Waals surface area contributed by atoms with Gasteiger partial charge in [0, 0.05) is 6.54 Å². The Hall–Kier alpha value is -1.88. The molecular formula is C12H10ClFN2O2. The van der Waals surface area contributed by atoms with E-state index in [1.54, 1.807) is 6.07 Å². The summed E-state index contributed by atoms with van der Waals surface area (Å²) in [6, 6.07) is 4.49. The predicted molar refractivity (Wildman–Crippen MR) is 69.4 cm³/mol. The molecule has 0 aliphatic carbocycles. The van der Waals surface area contributed by atoms with E-state index in [0.717, 1.165) is 5.56 Å². The van der Waals surface area contributed by atoms with Crippen LogP contribution < -0.4 is 21.9 Å². The van der Waals surface area contributed by atoms with Crippen LogP contribution in [0.25, 0.3) is 0 Å². The van der Waals surface area contributed by atoms with Gasteiger partial charge in [-0.25, -0.2) is 4.39 Å². The number of hydrogen-bond donors (Lipinski definition) is 2. The topological polar surface area (TPSA) is 72.2 Å². The van der Waals surface area contributed by atoms with Crippen molar-refractivity contribution in [2.75, 3.05) is 17.6 Å². The fourth-order valence-corrected chi connectivity index (χ4v) is 1.73. The summed E-state index contributed by atoms with van der Waals surface area (Å²) in [5.74, 6) is -0.484. The van der Waals surface area contributed by atoms with Crippen molar-refractivity contribution in [3.8, 4) is 0 Å². The Morgan fingerprint density at radius 2 is 2.00 bits per heavy atom. The average molecular weight is 269 g/mol. The van der Waals surface area contributed by atoms with Crippen molar-refractivity contribution in [2.24, 2.45) is 0 Å². The quantitative estimate of drug-likeness (QED) is 0.820. The van der Waals surface area contributed by atoms with Crippen molar-refractivity contribution in [1.29, 1.82) is 0 Å². The summed E-state index contributed by atoms with van der Waals surface area (Å²) in [5, 5.41) is 2.83. The number of halogens is 2. The predicted octanol–water partition coefficient (Wildman–Crippen LogP) is 1.31. The second-order valence-electron chi connectivity index (χ2n) is 3.87. The lowest BCUT2D eigenvalue weighted by Gasteiger charge is -2.09. The number of anilines is 2. The van der Waals surface area contributed by atoms with Crippen LogP contribution in [0.4, 0.5) is 15.8 Å². The molecule has 6 heteroatoms. The minimum atomic E-state index is -0.657. The van der Waals surface area contributed by atoms with Gasteiger partial charge in [-0.3, -0.25) is 9.59 Å². The smallest absolute Gasteiger partial charge is 0.253 e. The molecule has 0 aromatic heterocycles. The van der Waals surface area contributed by atoms with E-state index >= 15 is 0 Å². The fraction of sp³-hybridized carbons (Fsp3) is 0.167. The Kier molecular flexibility index (Phi) is 3.34. The van der Waals surface area contributed by atoms with Gasteiger partial charge in [0.15, 0.2) is 0 Å². The standard InChI is InChI=1S/C12H10ClFN2O2/c13-7-2-1-6(5-8(7)14)3-4-16-10-9(15)11(17)12(10)18/h1-2,5,16H,3-4,15H2. The first-order chi connectivity index (χ1) is 8.50. The molecule has 0 radical (unpaired) electrons. The first-order valence-electron chi connectivity index (χ1n) is 5.27. The van der Waals surface area contributed by atoms with Gasteiger partial charge in [0.2, 0.25) is 0 Å². The zero-order valence-corrected chi connectivity index (χ0v) is 10.1. The number of rotatable bonds is 4. The number of nitrogen functional groups attached to an aromatic ring is 1. The highest BCUT2D eigenvalue weighted by molar-refractivity contribution is 6.30. The zero-order valence-electron chi connectivity index (χ0n) is 9.30. The summed E-state index contributed by atoms with van der Waals surface area (Å²) >= 11 is 5.55. The SMILES string of the molecule is Nc1c(NCCc2ccc(Cl)c(F)c2)c(=O)c1=O. The van der Waals surface area contributed by atoms with Crippen LogP contribution in [0.15, 0.2) is 27.8 Å². The Labute approximate surface area is 107 Å². The van der Waals surface area contributed by atoms with Gasteiger partial charge >= 0.3 is 0 Å². The second-order valence-corrected chi connectivity index (χ2v) is 4.28. The number of nitrogens with one attached hydrogen (secondary N) is 1. The minimum Gasteiger partial charge on any atom is -0.394 e. The van der Waals surface area contributed by atoms with Crippen LogP contribution in [0.2, 0.25) is 5.02 Å². The molecular weight excluding hydrogens is 259 g/mol. The van der Waals surface area contributed by atoms with Gasteiger partial charge in [-0.05, 0) is 24.1 Å². The van der Waals surface area contributed by atoms with Gasteiger partial charge in [0.25, 0.3) is 10.9 Å². The normalized spacial score (nSPS) is 10.8. The van der Waals surface area contributed by atoms with Gasteiger partial charge in [0.1, 0.15) is 17.2 Å². The van der Waals surface area contributed by atoms with Crippen molar-refractivity contribution in [2.45, 2.75) is 6.42 Å². The van der Waals surface area contributed by atoms with Crippen LogP contribution >= 0.6 is 11.6 Å². The molecule has 0 aliphatic heterocycles. The van der Waals surface area contributed by atoms with Crippen molar-refractivity contribution in [3.05, 3.63) is 55.0 Å². The van der Waals surface area contributed by atoms with Crippen LogP contribution in [0.1, 0.15) is 5.56 Å². The van der Waals surface area contributed by atoms with Crippen LogP contribution in [0, 0.1) is 5.82 Å². The minimum absolute atomic E-state index is 0.0395. The lowest BCUT2D eigenvalue weighted by Crippen LogP contribution is -2.37. The summed E-state index contributed by atoms with van der Waals surface area (Å²) in [4.78, 5) is 21.9. The molecule has 2 aromatic rings. The van der Waals surface area contributed by atoms with Crippen molar-refractivity contribution >= 4 is 23.0 Å². The van der Waals surface area contributed by atoms with Crippen molar-refractivity contribution in [3.63, 3.8) is 0 Å². The average Bonchev–Trinajstić information content (AvgIpc) is 2.37. The van der Waals surface area contributed by atoms with Gasteiger partial charge < -0.3 is 11.1 Å². The summed E-state index contributed by atoms with van der Waals surface area (Å²) in [7, 11) is 0. The van der Waals surface area contributed by atoms with Crippen molar-refractivity contribution in [1.82, 2.24) is 0 Å². The Bertz CT molecular complexity index is 662. The fourth-order valence-electron chi connectivity index (χ4n) is 1.61. The molecule has 0 saturated carbocycles. The Balaban J connectivity index is 1.95. The van der Waals surface area contributed by atoms with Crippen LogP contribution in [-0.2, 0) is 6.42 Å².